The summed E-state index contributed by atoms with van der Waals surface area (Å²) in [7, 11) is 1.29. The largest absolute Gasteiger partial charge is 0.465 e. The number of ether oxygens (including phenoxy) is 1. The molecule has 3 amide bonds. The Morgan fingerprint density at radius 2 is 1.70 bits per heavy atom. The Morgan fingerprint density at radius 1 is 1.07 bits per heavy atom. The number of carbonyl (C=O) groups excluding carboxylic acids is 4. The van der Waals surface area contributed by atoms with E-state index < -0.39 is 23.0 Å². The minimum absolute atomic E-state index is 0.213. The van der Waals surface area contributed by atoms with Gasteiger partial charge < -0.3 is 10.1 Å². The van der Waals surface area contributed by atoms with Crippen LogP contribution in [0.3, 0.4) is 0 Å². The molecule has 2 aromatic carbocycles. The number of nitrogens with one attached hydrogen (secondary N) is 1. The van der Waals surface area contributed by atoms with Crippen LogP contribution in [0.2, 0.25) is 0 Å². The number of esters is 1. The number of carbonyl (C=O) groups is 4. The van der Waals surface area contributed by atoms with Crippen molar-refractivity contribution in [3.63, 3.8) is 0 Å². The fraction of sp³-hybridized carbons (Fsp3) is 0.182. The second-order valence-corrected chi connectivity index (χ2v) is 7.80. The quantitative estimate of drug-likeness (QED) is 0.580. The van der Waals surface area contributed by atoms with Crippen molar-refractivity contribution in [2.75, 3.05) is 19.0 Å². The topological polar surface area (TPSA) is 92.8 Å². The van der Waals surface area contributed by atoms with Crippen LogP contribution in [0.15, 0.2) is 47.4 Å². The predicted molar refractivity (Wildman–Crippen MR) is 115 cm³/mol. The zero-order valence-corrected chi connectivity index (χ0v) is 17.5. The number of amides is 3. The number of imide groups is 1. The standard InChI is InChI=1S/C22H20N2O5S/c1-13-8-14(2)10-17(9-13)23-19(25)12-24-20(26)18(30-22(24)28)11-15-4-6-16(7-5-15)21(27)29-3/h4-11H,12H2,1-3H3,(H,23,25)/b18-11+. The van der Waals surface area contributed by atoms with Gasteiger partial charge in [-0.2, -0.15) is 0 Å². The average molecular weight is 424 g/mol. The number of thioether (sulfide) groups is 1. The first-order valence-corrected chi connectivity index (χ1v) is 9.90. The van der Waals surface area contributed by atoms with E-state index in [1.54, 1.807) is 30.3 Å². The SMILES string of the molecule is COC(=O)c1ccc(/C=C2/SC(=O)N(CC(=O)Nc3cc(C)cc(C)c3)C2=O)cc1. The van der Waals surface area contributed by atoms with Gasteiger partial charge in [-0.15, -0.1) is 0 Å². The van der Waals surface area contributed by atoms with E-state index in [0.717, 1.165) is 27.8 Å². The van der Waals surface area contributed by atoms with Gasteiger partial charge in [0.1, 0.15) is 6.54 Å². The molecule has 3 rings (SSSR count). The Balaban J connectivity index is 1.68. The first-order valence-electron chi connectivity index (χ1n) is 9.08. The lowest BCUT2D eigenvalue weighted by molar-refractivity contribution is -0.127. The second kappa shape index (κ2) is 8.96. The van der Waals surface area contributed by atoms with Crippen molar-refractivity contribution in [2.24, 2.45) is 0 Å². The Labute approximate surface area is 178 Å². The number of nitrogens with zero attached hydrogens (tertiary/aromatic N) is 1. The van der Waals surface area contributed by atoms with Gasteiger partial charge in [-0.05, 0) is 72.6 Å². The lowest BCUT2D eigenvalue weighted by Crippen LogP contribution is -2.36. The third-order valence-electron chi connectivity index (χ3n) is 4.31. The third-order valence-corrected chi connectivity index (χ3v) is 5.22. The number of methoxy groups -OCH3 is 1. The van der Waals surface area contributed by atoms with E-state index in [4.69, 9.17) is 0 Å². The van der Waals surface area contributed by atoms with Crippen LogP contribution in [0.4, 0.5) is 10.5 Å². The fourth-order valence-corrected chi connectivity index (χ4v) is 3.85. The maximum absolute atomic E-state index is 12.6. The van der Waals surface area contributed by atoms with Gasteiger partial charge in [0.25, 0.3) is 11.1 Å². The summed E-state index contributed by atoms with van der Waals surface area (Å²) in [6.07, 6.45) is 1.55. The Bertz CT molecular complexity index is 1040. The van der Waals surface area contributed by atoms with E-state index in [9.17, 15) is 19.2 Å². The average Bonchev–Trinajstić information content (AvgIpc) is 2.94. The molecule has 1 fully saturated rings. The highest BCUT2D eigenvalue weighted by Crippen LogP contribution is 2.32. The highest BCUT2D eigenvalue weighted by molar-refractivity contribution is 8.18. The Hall–Kier alpha value is -3.39. The molecule has 0 radical (unpaired) electrons. The molecule has 0 aromatic heterocycles. The molecule has 154 valence electrons. The summed E-state index contributed by atoms with van der Waals surface area (Å²) in [5, 5.41) is 2.21. The Kier molecular flexibility index (Phi) is 6.37. The van der Waals surface area contributed by atoms with Crippen molar-refractivity contribution in [2.45, 2.75) is 13.8 Å². The normalized spacial score (nSPS) is 14.9. The van der Waals surface area contributed by atoms with Crippen molar-refractivity contribution < 1.29 is 23.9 Å². The van der Waals surface area contributed by atoms with Gasteiger partial charge >= 0.3 is 5.97 Å². The molecule has 0 spiro atoms. The van der Waals surface area contributed by atoms with Gasteiger partial charge in [0.05, 0.1) is 17.6 Å². The Morgan fingerprint density at radius 3 is 2.30 bits per heavy atom. The molecule has 0 bridgehead atoms. The molecular weight excluding hydrogens is 404 g/mol. The van der Waals surface area contributed by atoms with Crippen LogP contribution in [0, 0.1) is 13.8 Å². The van der Waals surface area contributed by atoms with Crippen LogP contribution in [0.5, 0.6) is 0 Å². The molecule has 1 N–H and O–H groups in total. The minimum atomic E-state index is -0.530. The molecule has 2 aromatic rings. The molecule has 8 heteroatoms. The number of aryl methyl sites for hydroxylation is 2. The molecule has 1 heterocycles. The van der Waals surface area contributed by atoms with Crippen molar-refractivity contribution in [3.05, 3.63) is 69.6 Å². The van der Waals surface area contributed by atoms with Gasteiger partial charge in [-0.3, -0.25) is 19.3 Å². The first kappa shape index (κ1) is 21.3. The van der Waals surface area contributed by atoms with E-state index in [1.807, 2.05) is 32.0 Å². The predicted octanol–water partition coefficient (Wildman–Crippen LogP) is 3.77. The molecule has 1 aliphatic heterocycles. The maximum atomic E-state index is 12.6. The first-order chi connectivity index (χ1) is 14.3. The molecular formula is C22H20N2O5S. The number of rotatable bonds is 5. The number of benzene rings is 2. The number of hydrogen-bond donors (Lipinski definition) is 1. The minimum Gasteiger partial charge on any atom is -0.465 e. The van der Waals surface area contributed by atoms with Crippen LogP contribution in [0.1, 0.15) is 27.0 Å². The monoisotopic (exact) mass is 424 g/mol. The van der Waals surface area contributed by atoms with Crippen molar-refractivity contribution >= 4 is 46.5 Å². The highest BCUT2D eigenvalue weighted by atomic mass is 32.2. The van der Waals surface area contributed by atoms with Gasteiger partial charge in [-0.25, -0.2) is 4.79 Å². The van der Waals surface area contributed by atoms with Crippen molar-refractivity contribution in [1.29, 1.82) is 0 Å². The van der Waals surface area contributed by atoms with Crippen molar-refractivity contribution in [1.82, 2.24) is 4.90 Å². The van der Waals surface area contributed by atoms with Gasteiger partial charge in [0.15, 0.2) is 0 Å². The molecule has 0 unspecified atom stereocenters. The summed E-state index contributed by atoms with van der Waals surface area (Å²) < 4.78 is 4.65. The maximum Gasteiger partial charge on any atom is 0.337 e. The van der Waals surface area contributed by atoms with Crippen molar-refractivity contribution in [3.8, 4) is 0 Å². The lowest BCUT2D eigenvalue weighted by Gasteiger charge is -2.13. The van der Waals surface area contributed by atoms with Crippen LogP contribution < -0.4 is 5.32 Å². The fourth-order valence-electron chi connectivity index (χ4n) is 3.01. The van der Waals surface area contributed by atoms with E-state index in [0.29, 0.717) is 16.8 Å². The van der Waals surface area contributed by atoms with Crippen LogP contribution >= 0.6 is 11.8 Å². The van der Waals surface area contributed by atoms with Gasteiger partial charge in [-0.1, -0.05) is 18.2 Å². The summed E-state index contributed by atoms with van der Waals surface area (Å²) in [4.78, 5) is 49.8. The van der Waals surface area contributed by atoms with Crippen LogP contribution in [-0.4, -0.2) is 41.6 Å². The van der Waals surface area contributed by atoms with Crippen LogP contribution in [-0.2, 0) is 14.3 Å². The molecule has 1 saturated heterocycles. The van der Waals surface area contributed by atoms with E-state index >= 15 is 0 Å². The summed E-state index contributed by atoms with van der Waals surface area (Å²) >= 11 is 0.772. The van der Waals surface area contributed by atoms with Crippen LogP contribution in [0.25, 0.3) is 6.08 Å². The number of hydrogen-bond acceptors (Lipinski definition) is 6. The smallest absolute Gasteiger partial charge is 0.337 e. The van der Waals surface area contributed by atoms with E-state index in [2.05, 4.69) is 10.1 Å². The van der Waals surface area contributed by atoms with E-state index in [-0.39, 0.29) is 11.4 Å². The zero-order valence-electron chi connectivity index (χ0n) is 16.7. The molecule has 0 atom stereocenters. The summed E-state index contributed by atoms with van der Waals surface area (Å²) in [6.45, 7) is 3.47. The highest BCUT2D eigenvalue weighted by Gasteiger charge is 2.36. The molecule has 7 nitrogen and oxygen atoms in total. The zero-order chi connectivity index (χ0) is 21.8. The molecule has 1 aliphatic rings. The second-order valence-electron chi connectivity index (χ2n) is 6.81. The molecule has 30 heavy (non-hydrogen) atoms. The molecule has 0 aliphatic carbocycles. The summed E-state index contributed by atoms with van der Waals surface area (Å²) in [5.74, 6) is -1.44. The van der Waals surface area contributed by atoms with Gasteiger partial charge in [0.2, 0.25) is 5.91 Å². The summed E-state index contributed by atoms with van der Waals surface area (Å²) in [6, 6.07) is 12.0. The number of anilines is 1. The summed E-state index contributed by atoms with van der Waals surface area (Å²) in [5.41, 5.74) is 3.64. The molecule has 0 saturated carbocycles. The van der Waals surface area contributed by atoms with Gasteiger partial charge in [0, 0.05) is 5.69 Å². The van der Waals surface area contributed by atoms with E-state index in [1.165, 1.54) is 7.11 Å². The third kappa shape index (κ3) is 4.96. The lowest BCUT2D eigenvalue weighted by atomic mass is 10.1.